The maximum absolute atomic E-state index is 11.5. The van der Waals surface area contributed by atoms with Crippen LogP contribution in [-0.4, -0.2) is 21.0 Å². The molecule has 0 unspecified atom stereocenters. The third-order valence-electron chi connectivity index (χ3n) is 3.94. The number of H-pyrrole nitrogens is 2. The van der Waals surface area contributed by atoms with E-state index < -0.39 is 11.4 Å². The first-order valence-electron chi connectivity index (χ1n) is 6.24. The van der Waals surface area contributed by atoms with Crippen molar-refractivity contribution in [1.29, 1.82) is 0 Å². The van der Waals surface area contributed by atoms with Gasteiger partial charge >= 0.3 is 11.7 Å². The predicted octanol–water partition coefficient (Wildman–Crippen LogP) is 1.88. The van der Waals surface area contributed by atoms with Gasteiger partial charge in [-0.2, -0.15) is 0 Å². The lowest BCUT2D eigenvalue weighted by molar-refractivity contribution is -0.147. The zero-order chi connectivity index (χ0) is 13.5. The summed E-state index contributed by atoms with van der Waals surface area (Å²) in [7, 11) is 0. The second-order valence-corrected chi connectivity index (χ2v) is 4.98. The minimum Gasteiger partial charge on any atom is -0.481 e. The maximum Gasteiger partial charge on any atom is 0.323 e. The van der Waals surface area contributed by atoms with Crippen LogP contribution in [0.1, 0.15) is 24.8 Å². The van der Waals surface area contributed by atoms with Gasteiger partial charge in [-0.25, -0.2) is 4.79 Å². The van der Waals surface area contributed by atoms with Gasteiger partial charge in [0, 0.05) is 6.20 Å². The summed E-state index contributed by atoms with van der Waals surface area (Å²) in [6.45, 7) is 0. The molecule has 5 heteroatoms. The van der Waals surface area contributed by atoms with Crippen molar-refractivity contribution >= 4 is 5.97 Å². The number of aromatic amines is 2. The fraction of sp³-hybridized carbons (Fsp3) is 0.286. The highest BCUT2D eigenvalue weighted by Crippen LogP contribution is 2.44. The molecule has 3 rings (SSSR count). The third-order valence-corrected chi connectivity index (χ3v) is 3.94. The van der Waals surface area contributed by atoms with E-state index in [1.54, 1.807) is 6.20 Å². The first-order chi connectivity index (χ1) is 9.12. The number of hydrogen-bond acceptors (Lipinski definition) is 2. The van der Waals surface area contributed by atoms with Crippen LogP contribution >= 0.6 is 0 Å². The molecule has 2 aromatic rings. The van der Waals surface area contributed by atoms with Gasteiger partial charge in [0.25, 0.3) is 0 Å². The van der Waals surface area contributed by atoms with Crippen LogP contribution in [0, 0.1) is 0 Å². The Hall–Kier alpha value is -2.30. The summed E-state index contributed by atoms with van der Waals surface area (Å²) in [6, 6.07) is 7.39. The lowest BCUT2D eigenvalue weighted by Gasteiger charge is -2.38. The maximum atomic E-state index is 11.5. The molecule has 3 N–H and O–H groups in total. The number of rotatable bonds is 3. The minimum atomic E-state index is -0.765. The summed E-state index contributed by atoms with van der Waals surface area (Å²) in [5.41, 5.74) is 1.30. The molecule has 1 aliphatic carbocycles. The Balaban J connectivity index is 2.05. The summed E-state index contributed by atoms with van der Waals surface area (Å²) in [6.07, 6.45) is 3.89. The van der Waals surface area contributed by atoms with E-state index in [1.165, 1.54) is 0 Å². The van der Waals surface area contributed by atoms with E-state index in [2.05, 4.69) is 9.97 Å². The Labute approximate surface area is 109 Å². The Kier molecular flexibility index (Phi) is 2.55. The number of carboxylic acid groups (broad SMARTS) is 1. The zero-order valence-electron chi connectivity index (χ0n) is 10.3. The first kappa shape index (κ1) is 11.8. The molecule has 0 bridgehead atoms. The molecule has 0 aliphatic heterocycles. The van der Waals surface area contributed by atoms with Crippen molar-refractivity contribution < 1.29 is 9.90 Å². The number of nitrogens with one attached hydrogen (secondary N) is 2. The molecule has 0 saturated heterocycles. The summed E-state index contributed by atoms with van der Waals surface area (Å²) < 4.78 is 0. The molecule has 0 atom stereocenters. The number of benzene rings is 1. The van der Waals surface area contributed by atoms with Crippen molar-refractivity contribution in [1.82, 2.24) is 9.97 Å². The van der Waals surface area contributed by atoms with Crippen molar-refractivity contribution in [2.24, 2.45) is 0 Å². The van der Waals surface area contributed by atoms with Gasteiger partial charge in [0.15, 0.2) is 0 Å². The normalized spacial score (nSPS) is 16.8. The van der Waals surface area contributed by atoms with E-state index in [9.17, 15) is 14.7 Å². The molecule has 5 nitrogen and oxygen atoms in total. The Morgan fingerprint density at radius 2 is 2.11 bits per heavy atom. The molecule has 1 aromatic carbocycles. The Morgan fingerprint density at radius 1 is 1.32 bits per heavy atom. The van der Waals surface area contributed by atoms with Crippen molar-refractivity contribution in [3.8, 4) is 11.3 Å². The van der Waals surface area contributed by atoms with Gasteiger partial charge in [-0.1, -0.05) is 24.6 Å². The minimum absolute atomic E-state index is 0.267. The molecule has 0 spiro atoms. The molecule has 0 amide bonds. The molecule has 19 heavy (non-hydrogen) atoms. The number of carboxylic acids is 1. The van der Waals surface area contributed by atoms with Gasteiger partial charge in [0.05, 0.1) is 11.1 Å². The lowest BCUT2D eigenvalue weighted by atomic mass is 9.64. The fourth-order valence-corrected chi connectivity index (χ4v) is 2.63. The second kappa shape index (κ2) is 4.12. The molecule has 1 saturated carbocycles. The second-order valence-electron chi connectivity index (χ2n) is 4.98. The largest absolute Gasteiger partial charge is 0.481 e. The van der Waals surface area contributed by atoms with E-state index in [-0.39, 0.29) is 5.69 Å². The quantitative estimate of drug-likeness (QED) is 0.785. The van der Waals surface area contributed by atoms with Crippen LogP contribution in [0.25, 0.3) is 11.3 Å². The molecule has 1 heterocycles. The molecule has 1 aliphatic rings. The van der Waals surface area contributed by atoms with E-state index in [4.69, 9.17) is 0 Å². The summed E-state index contributed by atoms with van der Waals surface area (Å²) in [5, 5.41) is 9.44. The number of hydrogen-bond donors (Lipinski definition) is 3. The molecular weight excluding hydrogens is 244 g/mol. The average molecular weight is 258 g/mol. The smallest absolute Gasteiger partial charge is 0.323 e. The topological polar surface area (TPSA) is 85.9 Å². The lowest BCUT2D eigenvalue weighted by Crippen LogP contribution is -2.42. The van der Waals surface area contributed by atoms with Crippen LogP contribution in [0.5, 0.6) is 0 Å². The molecular formula is C14H14N2O3. The Bertz CT molecular complexity index is 680. The molecule has 1 fully saturated rings. The molecule has 0 radical (unpaired) electrons. The van der Waals surface area contributed by atoms with Crippen molar-refractivity contribution in [3.05, 3.63) is 46.5 Å². The van der Waals surface area contributed by atoms with Gasteiger partial charge < -0.3 is 15.1 Å². The summed E-state index contributed by atoms with van der Waals surface area (Å²) in [4.78, 5) is 27.8. The van der Waals surface area contributed by atoms with Gasteiger partial charge in [-0.3, -0.25) is 4.79 Å². The zero-order valence-corrected chi connectivity index (χ0v) is 10.3. The summed E-state index contributed by atoms with van der Waals surface area (Å²) in [5.74, 6) is -0.765. The molecule has 1 aromatic heterocycles. The van der Waals surface area contributed by atoms with Crippen LogP contribution in [0.15, 0.2) is 35.3 Å². The van der Waals surface area contributed by atoms with Crippen LogP contribution in [-0.2, 0) is 10.2 Å². The fourth-order valence-electron chi connectivity index (χ4n) is 2.63. The van der Waals surface area contributed by atoms with E-state index in [1.807, 2.05) is 24.3 Å². The SMILES string of the molecule is O=C(O)C1(c2cccc(-c3c[nH]c(=O)[nH]3)c2)CCC1. The highest BCUT2D eigenvalue weighted by Gasteiger charge is 2.45. The average Bonchev–Trinajstić information content (AvgIpc) is 2.74. The van der Waals surface area contributed by atoms with Crippen LogP contribution in [0.3, 0.4) is 0 Å². The van der Waals surface area contributed by atoms with E-state index in [0.29, 0.717) is 18.5 Å². The first-order valence-corrected chi connectivity index (χ1v) is 6.24. The van der Waals surface area contributed by atoms with Gasteiger partial charge in [0.2, 0.25) is 0 Å². The highest BCUT2D eigenvalue weighted by molar-refractivity contribution is 5.83. The monoisotopic (exact) mass is 258 g/mol. The van der Waals surface area contributed by atoms with Gasteiger partial charge in [-0.05, 0) is 30.0 Å². The third kappa shape index (κ3) is 1.78. The van der Waals surface area contributed by atoms with Crippen molar-refractivity contribution in [2.45, 2.75) is 24.7 Å². The van der Waals surface area contributed by atoms with Crippen molar-refractivity contribution in [2.75, 3.05) is 0 Å². The van der Waals surface area contributed by atoms with Crippen LogP contribution in [0.4, 0.5) is 0 Å². The number of imidazole rings is 1. The highest BCUT2D eigenvalue weighted by atomic mass is 16.4. The van der Waals surface area contributed by atoms with Crippen molar-refractivity contribution in [3.63, 3.8) is 0 Å². The Morgan fingerprint density at radius 3 is 2.63 bits per heavy atom. The number of aliphatic carboxylic acids is 1. The van der Waals surface area contributed by atoms with Crippen LogP contribution in [0.2, 0.25) is 0 Å². The van der Waals surface area contributed by atoms with E-state index >= 15 is 0 Å². The number of aromatic nitrogens is 2. The van der Waals surface area contributed by atoms with Gasteiger partial charge in [-0.15, -0.1) is 0 Å². The van der Waals surface area contributed by atoms with Gasteiger partial charge in [0.1, 0.15) is 0 Å². The van der Waals surface area contributed by atoms with E-state index in [0.717, 1.165) is 17.5 Å². The predicted molar refractivity (Wildman–Crippen MR) is 70.0 cm³/mol. The molecule has 98 valence electrons. The summed E-state index contributed by atoms with van der Waals surface area (Å²) >= 11 is 0. The van der Waals surface area contributed by atoms with Crippen LogP contribution < -0.4 is 5.69 Å². The number of carbonyl (C=O) groups is 1. The standard InChI is InChI=1S/C14H14N2O3/c17-12(18)14(5-2-6-14)10-4-1-3-9(7-10)11-8-15-13(19)16-11/h1,3-4,7-8H,2,5-6H2,(H,17,18)(H2,15,16,19).